The first-order chi connectivity index (χ1) is 15.5. The van der Waals surface area contributed by atoms with Gasteiger partial charge in [-0.1, -0.05) is 35.3 Å². The van der Waals surface area contributed by atoms with Crippen molar-refractivity contribution in [1.82, 2.24) is 15.2 Å². The van der Waals surface area contributed by atoms with Gasteiger partial charge in [-0.2, -0.15) is 5.26 Å². The molecule has 0 unspecified atom stereocenters. The van der Waals surface area contributed by atoms with Gasteiger partial charge in [-0.05, 0) is 49.7 Å². The number of hydrogen-bond acceptors (Lipinski definition) is 4. The van der Waals surface area contributed by atoms with Crippen molar-refractivity contribution in [2.75, 3.05) is 44.2 Å². The quantitative estimate of drug-likeness (QED) is 0.492. The first-order valence-electron chi connectivity index (χ1n) is 10.8. The summed E-state index contributed by atoms with van der Waals surface area (Å²) >= 11 is 12.5. The van der Waals surface area contributed by atoms with E-state index in [-0.39, 0.29) is 5.91 Å². The van der Waals surface area contributed by atoms with E-state index in [1.807, 2.05) is 30.3 Å². The summed E-state index contributed by atoms with van der Waals surface area (Å²) in [5.41, 5.74) is 2.89. The predicted octanol–water partition coefficient (Wildman–Crippen LogP) is 4.68. The lowest BCUT2D eigenvalue weighted by Crippen LogP contribution is -2.46. The van der Waals surface area contributed by atoms with Crippen molar-refractivity contribution < 1.29 is 4.79 Å². The molecule has 8 heteroatoms. The fraction of sp³-hybridized carbons (Fsp3) is 0.333. The minimum atomic E-state index is -0.119. The molecule has 32 heavy (non-hydrogen) atoms. The number of amides is 1. The summed E-state index contributed by atoms with van der Waals surface area (Å²) in [5.74, 6) is -0.119. The minimum Gasteiger partial charge on any atom is -0.368 e. The Morgan fingerprint density at radius 3 is 2.69 bits per heavy atom. The Balaban J connectivity index is 1.17. The molecule has 1 saturated heterocycles. The SMILES string of the molecule is N#Cc1ccc2cc(C(=O)NCCCCN3CCN(c4cccc(Cl)c4Cl)CC3)[nH]c2c1. The molecular formula is C24H25Cl2N5O. The van der Waals surface area contributed by atoms with Gasteiger partial charge in [0.05, 0.1) is 27.4 Å². The molecule has 3 aromatic rings. The number of fused-ring (bicyclic) bond motifs is 1. The van der Waals surface area contributed by atoms with Crippen LogP contribution in [0.25, 0.3) is 10.9 Å². The molecule has 0 saturated carbocycles. The van der Waals surface area contributed by atoms with E-state index in [0.717, 1.165) is 62.2 Å². The Morgan fingerprint density at radius 1 is 1.09 bits per heavy atom. The first-order valence-corrected chi connectivity index (χ1v) is 11.5. The average Bonchev–Trinajstić information content (AvgIpc) is 3.24. The maximum absolute atomic E-state index is 12.4. The molecule has 2 aromatic carbocycles. The number of carbonyl (C=O) groups excluding carboxylic acids is 1. The number of carbonyl (C=O) groups is 1. The number of piperazine rings is 1. The van der Waals surface area contributed by atoms with E-state index in [1.54, 1.807) is 12.1 Å². The third kappa shape index (κ3) is 5.18. The second-order valence-corrected chi connectivity index (χ2v) is 8.75. The van der Waals surface area contributed by atoms with Crippen molar-refractivity contribution in [1.29, 1.82) is 5.26 Å². The standard InChI is InChI=1S/C24H25Cl2N5O/c25-19-4-3-5-22(23(19)26)31-12-10-30(11-13-31)9-2-1-8-28-24(32)21-15-18-7-6-17(16-27)14-20(18)29-21/h3-7,14-15,29H,1-2,8-13H2,(H,28,32). The molecule has 0 spiro atoms. The molecule has 0 bridgehead atoms. The van der Waals surface area contributed by atoms with Gasteiger partial charge in [-0.3, -0.25) is 9.69 Å². The third-order valence-electron chi connectivity index (χ3n) is 5.83. The van der Waals surface area contributed by atoms with Crippen LogP contribution in [0.1, 0.15) is 28.9 Å². The zero-order valence-corrected chi connectivity index (χ0v) is 19.2. The molecule has 1 aliphatic heterocycles. The van der Waals surface area contributed by atoms with Gasteiger partial charge in [0.1, 0.15) is 5.69 Å². The van der Waals surface area contributed by atoms with Gasteiger partial charge in [-0.15, -0.1) is 0 Å². The molecule has 166 valence electrons. The van der Waals surface area contributed by atoms with E-state index in [2.05, 4.69) is 26.2 Å². The molecule has 1 amide bonds. The highest BCUT2D eigenvalue weighted by Gasteiger charge is 2.19. The smallest absolute Gasteiger partial charge is 0.267 e. The number of H-pyrrole nitrogens is 1. The highest BCUT2D eigenvalue weighted by molar-refractivity contribution is 6.43. The van der Waals surface area contributed by atoms with Crippen molar-refractivity contribution in [3.05, 3.63) is 63.8 Å². The van der Waals surface area contributed by atoms with E-state index in [1.165, 1.54) is 0 Å². The van der Waals surface area contributed by atoms with Gasteiger partial charge in [0, 0.05) is 43.6 Å². The Kier molecular flexibility index (Phi) is 7.21. The number of unbranched alkanes of at least 4 members (excludes halogenated alkanes) is 1. The number of nitriles is 1. The lowest BCUT2D eigenvalue weighted by molar-refractivity contribution is 0.0948. The van der Waals surface area contributed by atoms with Crippen LogP contribution in [0.4, 0.5) is 5.69 Å². The lowest BCUT2D eigenvalue weighted by Gasteiger charge is -2.36. The summed E-state index contributed by atoms with van der Waals surface area (Å²) in [5, 5.41) is 14.1. The van der Waals surface area contributed by atoms with Crippen LogP contribution in [-0.2, 0) is 0 Å². The number of aromatic amines is 1. The van der Waals surface area contributed by atoms with Gasteiger partial charge < -0.3 is 15.2 Å². The van der Waals surface area contributed by atoms with Gasteiger partial charge >= 0.3 is 0 Å². The van der Waals surface area contributed by atoms with Crippen molar-refractivity contribution >= 4 is 45.7 Å². The number of rotatable bonds is 7. The van der Waals surface area contributed by atoms with Gasteiger partial charge in [0.25, 0.3) is 5.91 Å². The number of nitrogens with zero attached hydrogens (tertiary/aromatic N) is 3. The van der Waals surface area contributed by atoms with Crippen LogP contribution in [0.2, 0.25) is 10.0 Å². The van der Waals surface area contributed by atoms with E-state index < -0.39 is 0 Å². The van der Waals surface area contributed by atoms with Gasteiger partial charge in [-0.25, -0.2) is 0 Å². The molecule has 1 aromatic heterocycles. The maximum atomic E-state index is 12.4. The van der Waals surface area contributed by atoms with E-state index >= 15 is 0 Å². The Hall–Kier alpha value is -2.72. The topological polar surface area (TPSA) is 75.2 Å². The van der Waals surface area contributed by atoms with Crippen molar-refractivity contribution in [2.24, 2.45) is 0 Å². The molecule has 1 aliphatic rings. The summed E-state index contributed by atoms with van der Waals surface area (Å²) in [4.78, 5) is 20.2. The van der Waals surface area contributed by atoms with E-state index in [9.17, 15) is 4.79 Å². The van der Waals surface area contributed by atoms with Crippen LogP contribution >= 0.6 is 23.2 Å². The Morgan fingerprint density at radius 2 is 1.91 bits per heavy atom. The van der Waals surface area contributed by atoms with Crippen molar-refractivity contribution in [3.63, 3.8) is 0 Å². The summed E-state index contributed by atoms with van der Waals surface area (Å²) < 4.78 is 0. The molecule has 2 N–H and O–H groups in total. The van der Waals surface area contributed by atoms with Crippen molar-refractivity contribution in [2.45, 2.75) is 12.8 Å². The average molecular weight is 470 g/mol. The van der Waals surface area contributed by atoms with Crippen LogP contribution < -0.4 is 10.2 Å². The second-order valence-electron chi connectivity index (χ2n) is 7.96. The number of benzene rings is 2. The summed E-state index contributed by atoms with van der Waals surface area (Å²) in [6, 6.07) is 15.0. The monoisotopic (exact) mass is 469 g/mol. The highest BCUT2D eigenvalue weighted by Crippen LogP contribution is 2.32. The molecule has 1 fully saturated rings. The van der Waals surface area contributed by atoms with Gasteiger partial charge in [0.2, 0.25) is 0 Å². The van der Waals surface area contributed by atoms with Gasteiger partial charge in [0.15, 0.2) is 0 Å². The van der Waals surface area contributed by atoms with Crippen LogP contribution in [0.15, 0.2) is 42.5 Å². The molecular weight excluding hydrogens is 445 g/mol. The first kappa shape index (κ1) is 22.5. The molecule has 6 nitrogen and oxygen atoms in total. The lowest BCUT2D eigenvalue weighted by atomic mass is 10.2. The number of aromatic nitrogens is 1. The van der Waals surface area contributed by atoms with Crippen LogP contribution in [0, 0.1) is 11.3 Å². The van der Waals surface area contributed by atoms with E-state index in [0.29, 0.717) is 27.8 Å². The number of nitrogens with one attached hydrogen (secondary N) is 2. The second kappa shape index (κ2) is 10.3. The predicted molar refractivity (Wildman–Crippen MR) is 130 cm³/mol. The van der Waals surface area contributed by atoms with E-state index in [4.69, 9.17) is 28.5 Å². The highest BCUT2D eigenvalue weighted by atomic mass is 35.5. The Bertz CT molecular complexity index is 1140. The fourth-order valence-corrected chi connectivity index (χ4v) is 4.44. The Labute approximate surface area is 197 Å². The largest absolute Gasteiger partial charge is 0.368 e. The molecule has 0 atom stereocenters. The number of hydrogen-bond donors (Lipinski definition) is 2. The maximum Gasteiger partial charge on any atom is 0.267 e. The third-order valence-corrected chi connectivity index (χ3v) is 6.64. The number of anilines is 1. The summed E-state index contributed by atoms with van der Waals surface area (Å²) in [6.07, 6.45) is 1.95. The molecule has 0 aliphatic carbocycles. The van der Waals surface area contributed by atoms with Crippen LogP contribution in [0.5, 0.6) is 0 Å². The number of halogens is 2. The normalized spacial score (nSPS) is 14.5. The minimum absolute atomic E-state index is 0.119. The molecule has 0 radical (unpaired) electrons. The summed E-state index contributed by atoms with van der Waals surface area (Å²) in [6.45, 7) is 5.45. The zero-order valence-electron chi connectivity index (χ0n) is 17.7. The van der Waals surface area contributed by atoms with Crippen LogP contribution in [0.3, 0.4) is 0 Å². The molecule has 2 heterocycles. The molecule has 4 rings (SSSR count). The van der Waals surface area contributed by atoms with Crippen LogP contribution in [-0.4, -0.2) is 55.1 Å². The fourth-order valence-electron chi connectivity index (χ4n) is 4.03. The zero-order chi connectivity index (χ0) is 22.5. The summed E-state index contributed by atoms with van der Waals surface area (Å²) in [7, 11) is 0. The van der Waals surface area contributed by atoms with Crippen molar-refractivity contribution in [3.8, 4) is 6.07 Å².